The van der Waals surface area contributed by atoms with E-state index in [1.54, 1.807) is 0 Å². The number of aliphatic imine (C=N–C) groups is 1. The van der Waals surface area contributed by atoms with Gasteiger partial charge in [0, 0.05) is 10.9 Å². The highest BCUT2D eigenvalue weighted by Gasteiger charge is 2.34. The summed E-state index contributed by atoms with van der Waals surface area (Å²) in [6, 6.07) is 15.8. The van der Waals surface area contributed by atoms with Gasteiger partial charge in [-0.25, -0.2) is 9.39 Å². The zero-order valence-corrected chi connectivity index (χ0v) is 16.5. The Kier molecular flexibility index (Phi) is 3.58. The summed E-state index contributed by atoms with van der Waals surface area (Å²) in [6.07, 6.45) is 1.76. The molecule has 0 amide bonds. The van der Waals surface area contributed by atoms with Gasteiger partial charge in [0.2, 0.25) is 5.95 Å². The van der Waals surface area contributed by atoms with Gasteiger partial charge in [-0.3, -0.25) is 4.79 Å². The fraction of sp³-hybridized carbons (Fsp3) is 0.136. The Hall–Kier alpha value is -3.58. The first kappa shape index (κ1) is 17.3. The van der Waals surface area contributed by atoms with Gasteiger partial charge in [-0.15, -0.1) is 10.2 Å². The first-order valence-corrected chi connectivity index (χ1v) is 10.0. The smallest absolute Gasteiger partial charge is 0.271 e. The molecular weight excluding hydrogens is 400 g/mol. The van der Waals surface area contributed by atoms with Crippen LogP contribution in [0.25, 0.3) is 11.4 Å². The molecule has 30 heavy (non-hydrogen) atoms. The molecule has 0 bridgehead atoms. The summed E-state index contributed by atoms with van der Waals surface area (Å²) in [5, 5.41) is 8.83. The Morgan fingerprint density at radius 1 is 1.07 bits per heavy atom. The van der Waals surface area contributed by atoms with Crippen molar-refractivity contribution in [3.05, 3.63) is 85.8 Å². The van der Waals surface area contributed by atoms with Gasteiger partial charge in [0.1, 0.15) is 0 Å². The van der Waals surface area contributed by atoms with E-state index in [0.717, 1.165) is 35.3 Å². The van der Waals surface area contributed by atoms with Crippen LogP contribution in [0.3, 0.4) is 0 Å². The second-order valence-electron chi connectivity index (χ2n) is 7.48. The second-order valence-corrected chi connectivity index (χ2v) is 7.91. The Morgan fingerprint density at radius 3 is 2.70 bits per heavy atom. The highest BCUT2D eigenvalue weighted by molar-refractivity contribution is 6.30. The third kappa shape index (κ3) is 2.35. The van der Waals surface area contributed by atoms with Gasteiger partial charge in [0.05, 0.1) is 10.9 Å². The number of aromatic nitrogens is 4. The Bertz CT molecular complexity index is 1490. The van der Waals surface area contributed by atoms with Gasteiger partial charge in [0.25, 0.3) is 11.3 Å². The van der Waals surface area contributed by atoms with Crippen LogP contribution >= 0.6 is 11.6 Å². The number of rotatable bonds is 1. The molecule has 0 radical (unpaired) electrons. The van der Waals surface area contributed by atoms with Crippen LogP contribution < -0.4 is 16.5 Å². The Morgan fingerprint density at radius 2 is 1.87 bits per heavy atom. The molecule has 0 saturated heterocycles. The summed E-state index contributed by atoms with van der Waals surface area (Å²) in [6.45, 7) is 0. The largest absolute Gasteiger partial charge is 0.367 e. The normalized spacial score (nSPS) is 17.3. The highest BCUT2D eigenvalue weighted by atomic mass is 35.5. The number of fused-ring (bicyclic) bond motifs is 5. The number of halogens is 1. The minimum Gasteiger partial charge on any atom is -0.367 e. The van der Waals surface area contributed by atoms with Crippen LogP contribution in [0.4, 0.5) is 11.8 Å². The van der Waals surface area contributed by atoms with E-state index in [-0.39, 0.29) is 23.2 Å². The summed E-state index contributed by atoms with van der Waals surface area (Å²) < 4.78 is 1.24. The van der Waals surface area contributed by atoms with Crippen LogP contribution in [0.5, 0.6) is 0 Å². The third-order valence-corrected chi connectivity index (χ3v) is 6.09. The first-order valence-electron chi connectivity index (χ1n) is 9.63. The van der Waals surface area contributed by atoms with Gasteiger partial charge >= 0.3 is 0 Å². The molecule has 7 nitrogen and oxygen atoms in total. The predicted octanol–water partition coefficient (Wildman–Crippen LogP) is 2.33. The fourth-order valence-corrected chi connectivity index (χ4v) is 4.65. The standard InChI is InChI=1S/C22H15ClN6O/c23-13-8-5-12(6-9-13)16-15-10-7-11-3-1-2-4-14(11)18(15)25-19-17(16)20(30)29-21(24)27-28-22(29)26-19/h1-6,8-9,15H,7,10H2,(H2,24,27). The molecule has 2 aromatic carbocycles. The lowest BCUT2D eigenvalue weighted by molar-refractivity contribution is 0.724. The zero-order chi connectivity index (χ0) is 20.4. The summed E-state index contributed by atoms with van der Waals surface area (Å²) in [5.74, 6) is 0.495. The maximum Gasteiger partial charge on any atom is 0.271 e. The minimum absolute atomic E-state index is 0.0181. The second kappa shape index (κ2) is 6.21. The summed E-state index contributed by atoms with van der Waals surface area (Å²) in [5.41, 5.74) is 10.7. The molecule has 2 aromatic heterocycles. The average Bonchev–Trinajstić information content (AvgIpc) is 3.14. The molecule has 3 heterocycles. The third-order valence-electron chi connectivity index (χ3n) is 5.84. The van der Waals surface area contributed by atoms with Gasteiger partial charge in [0.15, 0.2) is 5.82 Å². The molecule has 0 spiro atoms. The Balaban J connectivity index is 1.76. The molecule has 2 N–H and O–H groups in total. The number of aryl methyl sites for hydroxylation is 1. The number of benzene rings is 2. The number of nitrogens with zero attached hydrogens (tertiary/aromatic N) is 5. The van der Waals surface area contributed by atoms with Crippen LogP contribution in [-0.4, -0.2) is 25.3 Å². The van der Waals surface area contributed by atoms with Gasteiger partial charge in [-0.1, -0.05) is 48.0 Å². The van der Waals surface area contributed by atoms with Gasteiger partial charge < -0.3 is 5.73 Å². The first-order chi connectivity index (χ1) is 14.6. The van der Waals surface area contributed by atoms with Crippen molar-refractivity contribution in [2.45, 2.75) is 12.8 Å². The van der Waals surface area contributed by atoms with Crippen LogP contribution in [0.2, 0.25) is 5.02 Å². The van der Waals surface area contributed by atoms with Crippen molar-refractivity contribution in [3.8, 4) is 0 Å². The fourth-order valence-electron chi connectivity index (χ4n) is 4.52. The summed E-state index contributed by atoms with van der Waals surface area (Å²) in [4.78, 5) is 22.9. The number of hydrogen-bond acceptors (Lipinski definition) is 6. The summed E-state index contributed by atoms with van der Waals surface area (Å²) >= 11 is 6.13. The van der Waals surface area contributed by atoms with Crippen molar-refractivity contribution in [3.63, 3.8) is 0 Å². The molecule has 6 rings (SSSR count). The molecule has 1 aliphatic heterocycles. The zero-order valence-electron chi connectivity index (χ0n) is 15.7. The predicted molar refractivity (Wildman–Crippen MR) is 115 cm³/mol. The molecule has 1 atom stereocenters. The number of anilines is 1. The van der Waals surface area contributed by atoms with E-state index in [1.807, 2.05) is 36.4 Å². The molecule has 2 aliphatic rings. The molecule has 1 unspecified atom stereocenters. The van der Waals surface area contributed by atoms with Crippen molar-refractivity contribution in [2.24, 2.45) is 10.9 Å². The average molecular weight is 415 g/mol. The Labute approximate surface area is 175 Å². The summed E-state index contributed by atoms with van der Waals surface area (Å²) in [7, 11) is 0. The van der Waals surface area contributed by atoms with Crippen molar-refractivity contribution in [1.82, 2.24) is 19.6 Å². The quantitative estimate of drug-likeness (QED) is 0.515. The highest BCUT2D eigenvalue weighted by Crippen LogP contribution is 2.37. The van der Waals surface area contributed by atoms with Crippen LogP contribution in [0.15, 0.2) is 58.3 Å². The van der Waals surface area contributed by atoms with Crippen molar-refractivity contribution in [1.29, 1.82) is 0 Å². The number of nitrogen functional groups attached to an aromatic ring is 1. The molecule has 0 saturated carbocycles. The lowest BCUT2D eigenvalue weighted by Crippen LogP contribution is -2.41. The van der Waals surface area contributed by atoms with Crippen LogP contribution in [0.1, 0.15) is 23.1 Å². The molecule has 4 aromatic rings. The number of hydrogen-bond donors (Lipinski definition) is 1. The van der Waals surface area contributed by atoms with E-state index in [9.17, 15) is 4.79 Å². The maximum absolute atomic E-state index is 13.5. The van der Waals surface area contributed by atoms with E-state index < -0.39 is 0 Å². The molecular formula is C22H15ClN6O. The monoisotopic (exact) mass is 414 g/mol. The van der Waals surface area contributed by atoms with Crippen molar-refractivity contribution >= 4 is 40.4 Å². The van der Waals surface area contributed by atoms with E-state index in [1.165, 1.54) is 9.96 Å². The van der Waals surface area contributed by atoms with Gasteiger partial charge in [-0.2, -0.15) is 4.98 Å². The van der Waals surface area contributed by atoms with E-state index in [0.29, 0.717) is 16.1 Å². The molecule has 146 valence electrons. The maximum atomic E-state index is 13.5. The van der Waals surface area contributed by atoms with Crippen molar-refractivity contribution in [2.75, 3.05) is 5.73 Å². The lowest BCUT2D eigenvalue weighted by atomic mass is 9.74. The van der Waals surface area contributed by atoms with E-state index >= 15 is 0 Å². The molecule has 8 heteroatoms. The van der Waals surface area contributed by atoms with E-state index in [4.69, 9.17) is 22.3 Å². The molecule has 0 fully saturated rings. The lowest BCUT2D eigenvalue weighted by Gasteiger charge is -2.31. The van der Waals surface area contributed by atoms with Crippen molar-refractivity contribution < 1.29 is 0 Å². The number of nitrogens with two attached hydrogens (primary N) is 1. The molecule has 1 aliphatic carbocycles. The minimum atomic E-state index is -0.302. The van der Waals surface area contributed by atoms with Gasteiger partial charge in [-0.05, 0) is 47.2 Å². The van der Waals surface area contributed by atoms with E-state index in [2.05, 4.69) is 27.3 Å². The topological polar surface area (TPSA) is 98.5 Å². The van der Waals surface area contributed by atoms with Crippen LogP contribution in [-0.2, 0) is 6.42 Å². The SMILES string of the molecule is Nc1nnc2nc3c(c(=O)n12)=C(c1ccc(Cl)cc1)C1CCc2ccccc2C1=N3. The van der Waals surface area contributed by atoms with Crippen LogP contribution in [0, 0.1) is 5.92 Å².